The van der Waals surface area contributed by atoms with Crippen molar-refractivity contribution in [2.75, 3.05) is 37.5 Å². The van der Waals surface area contributed by atoms with Gasteiger partial charge in [0.2, 0.25) is 5.95 Å². The number of nitrogens with one attached hydrogen (secondary N) is 2. The molecule has 172 valence electrons. The molecule has 0 bridgehead atoms. The lowest BCUT2D eigenvalue weighted by Gasteiger charge is -2.40. The van der Waals surface area contributed by atoms with Crippen molar-refractivity contribution in [2.24, 2.45) is 5.41 Å². The largest absolute Gasteiger partial charge is 0.491 e. The fourth-order valence-corrected chi connectivity index (χ4v) is 3.91. The molecule has 0 radical (unpaired) electrons. The first-order chi connectivity index (χ1) is 15.4. The number of aromatic nitrogens is 2. The third kappa shape index (κ3) is 6.55. The Bertz CT molecular complexity index is 911. The van der Waals surface area contributed by atoms with Gasteiger partial charge in [0.15, 0.2) is 0 Å². The Morgan fingerprint density at radius 3 is 2.69 bits per heavy atom. The Morgan fingerprint density at radius 1 is 1.22 bits per heavy atom. The molecule has 1 aromatic carbocycles. The van der Waals surface area contributed by atoms with E-state index in [4.69, 9.17) is 9.47 Å². The Kier molecular flexibility index (Phi) is 8.26. The number of aliphatic hydroxyl groups is 1. The van der Waals surface area contributed by atoms with Crippen LogP contribution in [-0.4, -0.2) is 54.1 Å². The number of aliphatic hydroxyl groups excluding tert-OH is 1. The normalized spacial score (nSPS) is 19.7. The minimum Gasteiger partial charge on any atom is -0.491 e. The summed E-state index contributed by atoms with van der Waals surface area (Å²) in [4.78, 5) is 8.82. The van der Waals surface area contributed by atoms with E-state index < -0.39 is 0 Å². The third-order valence-electron chi connectivity index (χ3n) is 5.89. The van der Waals surface area contributed by atoms with Crippen molar-refractivity contribution in [2.45, 2.75) is 51.7 Å². The molecule has 1 saturated carbocycles. The summed E-state index contributed by atoms with van der Waals surface area (Å²) in [5, 5.41) is 26.3. The number of benzene rings is 1. The quantitative estimate of drug-likeness (QED) is 0.483. The summed E-state index contributed by atoms with van der Waals surface area (Å²) >= 11 is 0. The van der Waals surface area contributed by atoms with Gasteiger partial charge >= 0.3 is 0 Å². The molecule has 3 N–H and O–H groups in total. The Labute approximate surface area is 190 Å². The van der Waals surface area contributed by atoms with Gasteiger partial charge in [-0.2, -0.15) is 10.2 Å². The van der Waals surface area contributed by atoms with Crippen LogP contribution in [0.3, 0.4) is 0 Å². The predicted molar refractivity (Wildman–Crippen MR) is 124 cm³/mol. The van der Waals surface area contributed by atoms with Crippen molar-refractivity contribution in [1.29, 1.82) is 5.26 Å². The fraction of sp³-hybridized carbons (Fsp3) is 0.542. The maximum absolute atomic E-state index is 10.2. The van der Waals surface area contributed by atoms with E-state index in [2.05, 4.69) is 40.5 Å². The summed E-state index contributed by atoms with van der Waals surface area (Å²) in [6, 6.07) is 10.3. The minimum atomic E-state index is -0.301. The number of methoxy groups -OCH3 is 1. The molecular weight excluding hydrogens is 406 g/mol. The molecule has 0 spiro atoms. The molecule has 2 atom stereocenters. The van der Waals surface area contributed by atoms with E-state index in [1.54, 1.807) is 13.3 Å². The zero-order valence-corrected chi connectivity index (χ0v) is 19.1. The van der Waals surface area contributed by atoms with Crippen molar-refractivity contribution in [3.63, 3.8) is 0 Å². The van der Waals surface area contributed by atoms with Crippen LogP contribution in [0.4, 0.5) is 11.8 Å². The van der Waals surface area contributed by atoms with E-state index in [1.807, 2.05) is 24.3 Å². The lowest BCUT2D eigenvalue weighted by molar-refractivity contribution is 0.00926. The molecule has 8 heteroatoms. The highest BCUT2D eigenvalue weighted by molar-refractivity contribution is 5.54. The maximum atomic E-state index is 10.2. The van der Waals surface area contributed by atoms with E-state index >= 15 is 0 Å². The molecule has 1 aliphatic carbocycles. The molecule has 1 heterocycles. The smallest absolute Gasteiger partial charge is 0.224 e. The summed E-state index contributed by atoms with van der Waals surface area (Å²) in [6.45, 7) is 5.90. The van der Waals surface area contributed by atoms with E-state index in [0.717, 1.165) is 31.4 Å². The summed E-state index contributed by atoms with van der Waals surface area (Å²) in [5.74, 6) is 1.85. The number of rotatable bonds is 10. The SMILES string of the molecule is COCCOc1ccc(CCNc2ncc(C#N)c(N[C@@H]3CC[C@H](O)C(C)(C)C3)n2)cc1. The second-order valence-corrected chi connectivity index (χ2v) is 8.86. The second-order valence-electron chi connectivity index (χ2n) is 8.86. The summed E-state index contributed by atoms with van der Waals surface area (Å²) in [6.07, 6.45) is 4.44. The first kappa shape index (κ1) is 23.8. The zero-order valence-electron chi connectivity index (χ0n) is 19.1. The molecule has 1 fully saturated rings. The number of nitriles is 1. The van der Waals surface area contributed by atoms with Crippen molar-refractivity contribution in [3.05, 3.63) is 41.6 Å². The molecule has 2 aromatic rings. The van der Waals surface area contributed by atoms with Gasteiger partial charge in [0.25, 0.3) is 0 Å². The van der Waals surface area contributed by atoms with Crippen LogP contribution in [0.15, 0.2) is 30.5 Å². The van der Waals surface area contributed by atoms with Crippen LogP contribution in [0.5, 0.6) is 5.75 Å². The van der Waals surface area contributed by atoms with Crippen molar-refractivity contribution >= 4 is 11.8 Å². The van der Waals surface area contributed by atoms with Crippen LogP contribution in [0, 0.1) is 16.7 Å². The van der Waals surface area contributed by atoms with Crippen molar-refractivity contribution < 1.29 is 14.6 Å². The average molecular weight is 440 g/mol. The zero-order chi connectivity index (χ0) is 23.0. The van der Waals surface area contributed by atoms with Crippen LogP contribution in [-0.2, 0) is 11.2 Å². The summed E-state index contributed by atoms with van der Waals surface area (Å²) in [5.41, 5.74) is 1.43. The lowest BCUT2D eigenvalue weighted by Crippen LogP contribution is -2.41. The predicted octanol–water partition coefficient (Wildman–Crippen LogP) is 3.38. The van der Waals surface area contributed by atoms with Gasteiger partial charge in [0.1, 0.15) is 29.8 Å². The van der Waals surface area contributed by atoms with Crippen molar-refractivity contribution in [3.8, 4) is 11.8 Å². The van der Waals surface area contributed by atoms with E-state index in [9.17, 15) is 10.4 Å². The highest BCUT2D eigenvalue weighted by Gasteiger charge is 2.35. The minimum absolute atomic E-state index is 0.160. The molecule has 8 nitrogen and oxygen atoms in total. The standard InChI is InChI=1S/C24H33N5O3/c1-24(2)14-19(6-9-21(24)30)28-22-18(15-25)16-27-23(29-22)26-11-10-17-4-7-20(8-5-17)32-13-12-31-3/h4-5,7-8,16,19,21,30H,6,9-14H2,1-3H3,(H2,26,27,28,29)/t19-,21+/m1/s1. The van der Waals surface area contributed by atoms with Crippen LogP contribution < -0.4 is 15.4 Å². The molecule has 32 heavy (non-hydrogen) atoms. The van der Waals surface area contributed by atoms with E-state index in [1.165, 1.54) is 5.56 Å². The second kappa shape index (κ2) is 11.1. The van der Waals surface area contributed by atoms with Gasteiger partial charge in [-0.1, -0.05) is 26.0 Å². The molecule has 0 aliphatic heterocycles. The highest BCUT2D eigenvalue weighted by atomic mass is 16.5. The topological polar surface area (TPSA) is 112 Å². The fourth-order valence-electron chi connectivity index (χ4n) is 3.91. The van der Waals surface area contributed by atoms with Gasteiger partial charge in [-0.15, -0.1) is 0 Å². The first-order valence-corrected chi connectivity index (χ1v) is 11.1. The number of nitrogens with zero attached hydrogens (tertiary/aromatic N) is 3. The number of hydrogen-bond acceptors (Lipinski definition) is 8. The lowest BCUT2D eigenvalue weighted by atomic mass is 9.73. The van der Waals surface area contributed by atoms with Gasteiger partial charge in [0.05, 0.1) is 18.9 Å². The van der Waals surface area contributed by atoms with Gasteiger partial charge in [-0.05, 0) is 48.8 Å². The van der Waals surface area contributed by atoms with Crippen LogP contribution >= 0.6 is 0 Å². The van der Waals surface area contributed by atoms with Crippen LogP contribution in [0.2, 0.25) is 0 Å². The molecule has 0 saturated heterocycles. The molecule has 3 rings (SSSR count). The summed E-state index contributed by atoms with van der Waals surface area (Å²) < 4.78 is 10.6. The molecule has 1 aliphatic rings. The van der Waals surface area contributed by atoms with Crippen LogP contribution in [0.25, 0.3) is 0 Å². The molecular formula is C24H33N5O3. The van der Waals surface area contributed by atoms with Gasteiger partial charge in [-0.25, -0.2) is 4.98 Å². The van der Waals surface area contributed by atoms with Gasteiger partial charge < -0.3 is 25.2 Å². The highest BCUT2D eigenvalue weighted by Crippen LogP contribution is 2.36. The Hall–Kier alpha value is -2.89. The van der Waals surface area contributed by atoms with Gasteiger partial charge in [-0.3, -0.25) is 0 Å². The number of ether oxygens (including phenoxy) is 2. The van der Waals surface area contributed by atoms with Gasteiger partial charge in [0, 0.05) is 19.7 Å². The number of anilines is 2. The van der Waals surface area contributed by atoms with Crippen molar-refractivity contribution in [1.82, 2.24) is 9.97 Å². The van der Waals surface area contributed by atoms with Crippen LogP contribution in [0.1, 0.15) is 44.2 Å². The Balaban J connectivity index is 1.54. The maximum Gasteiger partial charge on any atom is 0.224 e. The molecule has 1 aromatic heterocycles. The Morgan fingerprint density at radius 2 is 2.00 bits per heavy atom. The monoisotopic (exact) mass is 439 g/mol. The van der Waals surface area contributed by atoms with E-state index in [-0.39, 0.29) is 17.6 Å². The molecule has 0 unspecified atom stereocenters. The molecule has 0 amide bonds. The van der Waals surface area contributed by atoms with E-state index in [0.29, 0.717) is 37.1 Å². The summed E-state index contributed by atoms with van der Waals surface area (Å²) in [7, 11) is 1.65. The third-order valence-corrected chi connectivity index (χ3v) is 5.89. The first-order valence-electron chi connectivity index (χ1n) is 11.1. The average Bonchev–Trinajstić information content (AvgIpc) is 2.78. The number of hydrogen-bond donors (Lipinski definition) is 3.